The van der Waals surface area contributed by atoms with Crippen LogP contribution in [0.2, 0.25) is 5.02 Å². The van der Waals surface area contributed by atoms with Crippen molar-refractivity contribution in [3.63, 3.8) is 0 Å². The molecule has 0 aliphatic heterocycles. The summed E-state index contributed by atoms with van der Waals surface area (Å²) in [5, 5.41) is 2.57. The molecule has 6 heteroatoms. The van der Waals surface area contributed by atoms with Crippen molar-refractivity contribution < 1.29 is 18.0 Å². The Balaban J connectivity index is 2.25. The number of nitrogens with one attached hydrogen (secondary N) is 1. The van der Waals surface area contributed by atoms with Gasteiger partial charge in [0.25, 0.3) is 5.91 Å². The van der Waals surface area contributed by atoms with Gasteiger partial charge < -0.3 is 5.32 Å². The summed E-state index contributed by atoms with van der Waals surface area (Å²) in [4.78, 5) is 11.9. The Morgan fingerprint density at radius 1 is 1.42 bits per heavy atom. The van der Waals surface area contributed by atoms with E-state index < -0.39 is 17.6 Å². The third kappa shape index (κ3) is 3.41. The molecule has 0 radical (unpaired) electrons. The third-order valence-corrected chi connectivity index (χ3v) is 3.45. The lowest BCUT2D eigenvalue weighted by Gasteiger charge is -2.16. The fraction of sp³-hybridized carbons (Fsp3) is 0.462. The zero-order valence-corrected chi connectivity index (χ0v) is 11.0. The molecular weight excluding hydrogens is 279 g/mol. The van der Waals surface area contributed by atoms with Crippen LogP contribution in [0.4, 0.5) is 13.2 Å². The number of rotatable bonds is 3. The number of alkyl halides is 3. The Morgan fingerprint density at radius 3 is 2.58 bits per heavy atom. The van der Waals surface area contributed by atoms with Gasteiger partial charge in [-0.15, -0.1) is 0 Å². The molecule has 1 aliphatic rings. The average Bonchev–Trinajstić information content (AvgIpc) is 3.11. The number of amides is 1. The van der Waals surface area contributed by atoms with E-state index in [1.54, 1.807) is 6.92 Å². The van der Waals surface area contributed by atoms with Crippen LogP contribution in [0.1, 0.15) is 35.7 Å². The number of halogens is 4. The summed E-state index contributed by atoms with van der Waals surface area (Å²) in [5.74, 6) is -0.325. The quantitative estimate of drug-likeness (QED) is 0.899. The van der Waals surface area contributed by atoms with E-state index in [-0.39, 0.29) is 16.6 Å². The largest absolute Gasteiger partial charge is 0.417 e. The molecule has 2 nitrogen and oxygen atoms in total. The van der Waals surface area contributed by atoms with Crippen LogP contribution in [0.25, 0.3) is 0 Å². The Kier molecular flexibility index (Phi) is 3.76. The van der Waals surface area contributed by atoms with Crippen LogP contribution in [0, 0.1) is 5.92 Å². The van der Waals surface area contributed by atoms with Gasteiger partial charge >= 0.3 is 6.18 Å². The van der Waals surface area contributed by atoms with E-state index >= 15 is 0 Å². The Hall–Kier alpha value is -1.23. The topological polar surface area (TPSA) is 29.1 Å². The van der Waals surface area contributed by atoms with E-state index in [9.17, 15) is 18.0 Å². The molecule has 0 heterocycles. The minimum Gasteiger partial charge on any atom is -0.349 e. The molecule has 0 aromatic heterocycles. The first-order valence-electron chi connectivity index (χ1n) is 5.96. The van der Waals surface area contributed by atoms with Crippen molar-refractivity contribution in [3.05, 3.63) is 34.3 Å². The molecule has 0 spiro atoms. The summed E-state index contributed by atoms with van der Waals surface area (Å²) in [6.45, 7) is 1.80. The normalized spacial score (nSPS) is 17.1. The lowest BCUT2D eigenvalue weighted by atomic mass is 10.1. The van der Waals surface area contributed by atoms with Gasteiger partial charge in [-0.25, -0.2) is 0 Å². The summed E-state index contributed by atoms with van der Waals surface area (Å²) < 4.78 is 38.6. The lowest BCUT2D eigenvalue weighted by Crippen LogP contribution is -2.35. The fourth-order valence-electron chi connectivity index (χ4n) is 1.95. The molecule has 1 atom stereocenters. The highest BCUT2D eigenvalue weighted by Crippen LogP contribution is 2.35. The monoisotopic (exact) mass is 291 g/mol. The highest BCUT2D eigenvalue weighted by Gasteiger charge is 2.36. The average molecular weight is 292 g/mol. The van der Waals surface area contributed by atoms with E-state index in [0.717, 1.165) is 25.0 Å². The van der Waals surface area contributed by atoms with Crippen molar-refractivity contribution in [2.75, 3.05) is 0 Å². The van der Waals surface area contributed by atoms with Gasteiger partial charge in [0.1, 0.15) is 0 Å². The SMILES string of the molecule is C[C@H](NC(=O)c1ccc(Cl)cc1C(F)(F)F)C1CC1. The number of hydrogen-bond acceptors (Lipinski definition) is 1. The minimum atomic E-state index is -4.60. The highest BCUT2D eigenvalue weighted by atomic mass is 35.5. The van der Waals surface area contributed by atoms with E-state index in [4.69, 9.17) is 11.6 Å². The molecule has 1 fully saturated rings. The van der Waals surface area contributed by atoms with Crippen LogP contribution in [-0.2, 0) is 6.18 Å². The fourth-order valence-corrected chi connectivity index (χ4v) is 2.12. The van der Waals surface area contributed by atoms with Crippen molar-refractivity contribution in [1.82, 2.24) is 5.32 Å². The van der Waals surface area contributed by atoms with Crippen LogP contribution in [0.15, 0.2) is 18.2 Å². The van der Waals surface area contributed by atoms with Gasteiger partial charge in [0.2, 0.25) is 0 Å². The van der Waals surface area contributed by atoms with Gasteiger partial charge in [-0.2, -0.15) is 13.2 Å². The third-order valence-electron chi connectivity index (χ3n) is 3.22. The van der Waals surface area contributed by atoms with Gasteiger partial charge in [-0.3, -0.25) is 4.79 Å². The molecule has 1 aromatic rings. The maximum atomic E-state index is 12.9. The molecule has 0 bridgehead atoms. The summed E-state index contributed by atoms with van der Waals surface area (Å²) in [6.07, 6.45) is -2.58. The maximum Gasteiger partial charge on any atom is 0.417 e. The van der Waals surface area contributed by atoms with Crippen molar-refractivity contribution in [1.29, 1.82) is 0 Å². The highest BCUT2D eigenvalue weighted by molar-refractivity contribution is 6.30. The molecule has 0 saturated heterocycles. The van der Waals surface area contributed by atoms with Gasteiger partial charge in [-0.1, -0.05) is 11.6 Å². The Bertz CT molecular complexity index is 497. The molecule has 1 saturated carbocycles. The van der Waals surface area contributed by atoms with E-state index in [1.165, 1.54) is 6.07 Å². The smallest absolute Gasteiger partial charge is 0.349 e. The predicted octanol–water partition coefficient (Wildman–Crippen LogP) is 3.89. The first kappa shape index (κ1) is 14.2. The van der Waals surface area contributed by atoms with Crippen molar-refractivity contribution in [2.45, 2.75) is 32.0 Å². The van der Waals surface area contributed by atoms with E-state index in [2.05, 4.69) is 5.32 Å². The Morgan fingerprint density at radius 2 is 2.05 bits per heavy atom. The first-order valence-corrected chi connectivity index (χ1v) is 6.34. The number of carbonyl (C=O) groups excluding carboxylic acids is 1. The van der Waals surface area contributed by atoms with Crippen LogP contribution in [0.5, 0.6) is 0 Å². The summed E-state index contributed by atoms with van der Waals surface area (Å²) in [5.41, 5.74) is -1.38. The first-order chi connectivity index (χ1) is 8.79. The summed E-state index contributed by atoms with van der Waals surface area (Å²) in [6, 6.07) is 3.07. The van der Waals surface area contributed by atoms with Crippen molar-refractivity contribution in [3.8, 4) is 0 Å². The zero-order chi connectivity index (χ0) is 14.2. The summed E-state index contributed by atoms with van der Waals surface area (Å²) in [7, 11) is 0. The van der Waals surface area contributed by atoms with Crippen LogP contribution in [0.3, 0.4) is 0 Å². The summed E-state index contributed by atoms with van der Waals surface area (Å²) >= 11 is 5.56. The van der Waals surface area contributed by atoms with Crippen molar-refractivity contribution in [2.24, 2.45) is 5.92 Å². The van der Waals surface area contributed by atoms with Crippen molar-refractivity contribution >= 4 is 17.5 Å². The van der Waals surface area contributed by atoms with Gasteiger partial charge in [-0.05, 0) is 43.9 Å². The second kappa shape index (κ2) is 5.04. The minimum absolute atomic E-state index is 0.0425. The van der Waals surface area contributed by atoms with Gasteiger partial charge in [0.05, 0.1) is 11.1 Å². The molecule has 1 amide bonds. The second-order valence-corrected chi connectivity index (χ2v) is 5.22. The lowest BCUT2D eigenvalue weighted by molar-refractivity contribution is -0.137. The van der Waals surface area contributed by atoms with Gasteiger partial charge in [0.15, 0.2) is 0 Å². The molecule has 1 aromatic carbocycles. The maximum absolute atomic E-state index is 12.9. The second-order valence-electron chi connectivity index (χ2n) is 4.79. The van der Waals surface area contributed by atoms with Crippen LogP contribution >= 0.6 is 11.6 Å². The van der Waals surface area contributed by atoms with Crippen LogP contribution in [-0.4, -0.2) is 11.9 Å². The molecule has 19 heavy (non-hydrogen) atoms. The van der Waals surface area contributed by atoms with Crippen LogP contribution < -0.4 is 5.32 Å². The molecule has 1 N–H and O–H groups in total. The molecule has 104 valence electrons. The van der Waals surface area contributed by atoms with Gasteiger partial charge in [0, 0.05) is 11.1 Å². The number of benzene rings is 1. The van der Waals surface area contributed by atoms with E-state index in [0.29, 0.717) is 5.92 Å². The standard InChI is InChI=1S/C13H13ClF3NO/c1-7(8-2-3-8)18-12(19)10-5-4-9(14)6-11(10)13(15,16)17/h4-8H,2-3H2,1H3,(H,18,19)/t7-/m0/s1. The Labute approximate surface area is 113 Å². The van der Waals surface area contributed by atoms with E-state index in [1.807, 2.05) is 0 Å². The predicted molar refractivity (Wildman–Crippen MR) is 66.1 cm³/mol. The zero-order valence-electron chi connectivity index (χ0n) is 10.2. The molecular formula is C13H13ClF3NO. The number of hydrogen-bond donors (Lipinski definition) is 1. The number of carbonyl (C=O) groups is 1. The molecule has 0 unspecified atom stereocenters. The molecule has 2 rings (SSSR count). The molecule has 1 aliphatic carbocycles.